The molecule has 0 bridgehead atoms. The Bertz CT molecular complexity index is 739. The number of benzene rings is 1. The van der Waals surface area contributed by atoms with Gasteiger partial charge in [0.05, 0.1) is 23.7 Å². The third-order valence-corrected chi connectivity index (χ3v) is 4.21. The summed E-state index contributed by atoms with van der Waals surface area (Å²) in [6.07, 6.45) is 1.00. The molecule has 0 saturated carbocycles. The second-order valence-corrected chi connectivity index (χ2v) is 5.61. The lowest BCUT2D eigenvalue weighted by molar-refractivity contribution is 0.183. The Labute approximate surface area is 122 Å². The van der Waals surface area contributed by atoms with Crippen molar-refractivity contribution in [2.75, 3.05) is 12.5 Å². The molecule has 1 amide bonds. The Morgan fingerprint density at radius 3 is 3.10 bits per heavy atom. The summed E-state index contributed by atoms with van der Waals surface area (Å²) in [5, 5.41) is 2.95. The summed E-state index contributed by atoms with van der Waals surface area (Å²) in [6, 6.07) is 5.81. The largest absolute Gasteiger partial charge is 0.452 e. The highest BCUT2D eigenvalue weighted by molar-refractivity contribution is 7.99. The zero-order valence-corrected chi connectivity index (χ0v) is 12.1. The van der Waals surface area contributed by atoms with Crippen LogP contribution < -0.4 is 5.43 Å². The molecule has 102 valence electrons. The van der Waals surface area contributed by atoms with Gasteiger partial charge in [0.25, 0.3) is 0 Å². The van der Waals surface area contributed by atoms with E-state index in [4.69, 9.17) is 0 Å². The van der Waals surface area contributed by atoms with Gasteiger partial charge < -0.3 is 4.74 Å². The molecule has 0 saturated heterocycles. The van der Waals surface area contributed by atoms with Crippen LogP contribution >= 0.6 is 23.1 Å². The van der Waals surface area contributed by atoms with Crippen molar-refractivity contribution in [2.45, 2.75) is 9.92 Å². The molecule has 0 radical (unpaired) electrons. The fourth-order valence-electron chi connectivity index (χ4n) is 1.66. The van der Waals surface area contributed by atoms with Crippen LogP contribution in [0.5, 0.6) is 0 Å². The van der Waals surface area contributed by atoms with Crippen LogP contribution in [-0.4, -0.2) is 27.8 Å². The molecule has 8 heteroatoms. The first-order valence-corrected chi connectivity index (χ1v) is 7.40. The maximum absolute atomic E-state index is 11.2. The van der Waals surface area contributed by atoms with Crippen molar-refractivity contribution < 1.29 is 9.53 Å². The summed E-state index contributed by atoms with van der Waals surface area (Å²) in [4.78, 5) is 20.7. The van der Waals surface area contributed by atoms with Gasteiger partial charge in [-0.2, -0.15) is 0 Å². The molecule has 3 rings (SSSR count). The highest BCUT2D eigenvalue weighted by Crippen LogP contribution is 2.29. The van der Waals surface area contributed by atoms with E-state index in [9.17, 15) is 4.79 Å². The first kappa shape index (κ1) is 12.9. The number of nitrogens with one attached hydrogen (secondary N) is 1. The number of thiazole rings is 1. The topological polar surface area (TPSA) is 69.0 Å². The lowest BCUT2D eigenvalue weighted by Gasteiger charge is -2.05. The molecular formula is C12H10N4O2S2. The minimum Gasteiger partial charge on any atom is -0.452 e. The summed E-state index contributed by atoms with van der Waals surface area (Å²) in [5.41, 5.74) is 5.95. The van der Waals surface area contributed by atoms with Crippen molar-refractivity contribution in [2.24, 2.45) is 0 Å². The van der Waals surface area contributed by atoms with Gasteiger partial charge >= 0.3 is 6.09 Å². The van der Waals surface area contributed by atoms with Crippen molar-refractivity contribution in [1.82, 2.24) is 14.6 Å². The smallest absolute Gasteiger partial charge is 0.426 e. The van der Waals surface area contributed by atoms with Gasteiger partial charge in [0.15, 0.2) is 0 Å². The van der Waals surface area contributed by atoms with Crippen LogP contribution in [0, 0.1) is 0 Å². The molecule has 0 aliphatic carbocycles. The normalized spacial score (nSPS) is 10.7. The van der Waals surface area contributed by atoms with Crippen LogP contribution in [0.1, 0.15) is 0 Å². The maximum Gasteiger partial charge on any atom is 0.426 e. The number of methoxy groups -OCH3 is 1. The number of nitrogens with zero attached hydrogens (tertiary/aromatic N) is 3. The van der Waals surface area contributed by atoms with Gasteiger partial charge in [0.1, 0.15) is 11.4 Å². The number of ether oxygens (including phenoxy) is 1. The number of carbonyl (C=O) groups is 1. The minimum absolute atomic E-state index is 0.537. The van der Waals surface area contributed by atoms with E-state index < -0.39 is 6.09 Å². The van der Waals surface area contributed by atoms with Gasteiger partial charge in [0, 0.05) is 10.3 Å². The molecule has 1 N–H and O–H groups in total. The second kappa shape index (κ2) is 5.51. The summed E-state index contributed by atoms with van der Waals surface area (Å²) in [7, 11) is 1.32. The van der Waals surface area contributed by atoms with Crippen LogP contribution in [0.4, 0.5) is 4.79 Å². The average Bonchev–Trinajstić information content (AvgIpc) is 3.09. The zero-order valence-electron chi connectivity index (χ0n) is 10.4. The monoisotopic (exact) mass is 306 g/mol. The first-order chi connectivity index (χ1) is 9.76. The predicted octanol–water partition coefficient (Wildman–Crippen LogP) is 2.95. The Balaban J connectivity index is 1.87. The highest BCUT2D eigenvalue weighted by atomic mass is 32.2. The molecule has 0 unspecified atom stereocenters. The van der Waals surface area contributed by atoms with E-state index in [0.29, 0.717) is 0 Å². The van der Waals surface area contributed by atoms with Gasteiger partial charge in [-0.3, -0.25) is 0 Å². The molecule has 3 aromatic rings. The molecule has 0 aliphatic heterocycles. The summed E-state index contributed by atoms with van der Waals surface area (Å²) in [5.74, 6) is 0. The summed E-state index contributed by atoms with van der Waals surface area (Å²) >= 11 is 3.14. The van der Waals surface area contributed by atoms with E-state index in [2.05, 4.69) is 20.1 Å². The maximum atomic E-state index is 11.2. The van der Waals surface area contributed by atoms with Crippen LogP contribution in [0.25, 0.3) is 11.0 Å². The van der Waals surface area contributed by atoms with Crippen LogP contribution in [-0.2, 0) is 4.74 Å². The van der Waals surface area contributed by atoms with Gasteiger partial charge in [-0.1, -0.05) is 11.8 Å². The minimum atomic E-state index is -0.537. The van der Waals surface area contributed by atoms with E-state index in [-0.39, 0.29) is 0 Å². The van der Waals surface area contributed by atoms with Gasteiger partial charge in [-0.15, -0.1) is 11.3 Å². The first-order valence-electron chi connectivity index (χ1n) is 5.64. The van der Waals surface area contributed by atoms with Gasteiger partial charge in [0.2, 0.25) is 0 Å². The number of imidazole rings is 1. The molecule has 0 spiro atoms. The van der Waals surface area contributed by atoms with E-state index in [1.54, 1.807) is 34.9 Å². The Hall–Kier alpha value is -2.06. The van der Waals surface area contributed by atoms with Crippen LogP contribution in [0.2, 0.25) is 0 Å². The molecule has 0 fully saturated rings. The number of aromatic nitrogens is 3. The fourth-order valence-corrected chi connectivity index (χ4v) is 3.15. The molecule has 2 heterocycles. The van der Waals surface area contributed by atoms with Crippen LogP contribution in [0.3, 0.4) is 0 Å². The number of carbonyl (C=O) groups excluding carboxylic acids is 1. The molecule has 20 heavy (non-hydrogen) atoms. The van der Waals surface area contributed by atoms with Crippen molar-refractivity contribution in [3.05, 3.63) is 35.4 Å². The Morgan fingerprint density at radius 1 is 1.45 bits per heavy atom. The number of hydrogen-bond acceptors (Lipinski definition) is 6. The lowest BCUT2D eigenvalue weighted by atomic mass is 10.3. The molecule has 6 nitrogen and oxygen atoms in total. The predicted molar refractivity (Wildman–Crippen MR) is 77.7 cm³/mol. The molecule has 0 aliphatic rings. The molecule has 2 aromatic heterocycles. The fraction of sp³-hybridized carbons (Fsp3) is 0.0833. The Kier molecular flexibility index (Phi) is 3.57. The number of hydrogen-bond donors (Lipinski definition) is 1. The Morgan fingerprint density at radius 2 is 2.35 bits per heavy atom. The second-order valence-electron chi connectivity index (χ2n) is 3.80. The van der Waals surface area contributed by atoms with Crippen molar-refractivity contribution in [3.63, 3.8) is 0 Å². The summed E-state index contributed by atoms with van der Waals surface area (Å²) < 4.78 is 6.08. The van der Waals surface area contributed by atoms with Crippen molar-refractivity contribution in [3.8, 4) is 0 Å². The third kappa shape index (κ3) is 2.61. The number of amides is 1. The van der Waals surface area contributed by atoms with E-state index in [0.717, 1.165) is 21.0 Å². The lowest BCUT2D eigenvalue weighted by Crippen LogP contribution is -2.21. The third-order valence-electron chi connectivity index (χ3n) is 2.55. The number of rotatable bonds is 3. The van der Waals surface area contributed by atoms with E-state index in [1.165, 1.54) is 11.8 Å². The SMILES string of the molecule is COC(=O)Nn1cnc2cc(Sc3cscn3)ccc21. The van der Waals surface area contributed by atoms with E-state index >= 15 is 0 Å². The van der Waals surface area contributed by atoms with Gasteiger partial charge in [-0.25, -0.2) is 24.9 Å². The van der Waals surface area contributed by atoms with Gasteiger partial charge in [-0.05, 0) is 18.2 Å². The standard InChI is InChI=1S/C12H10N4O2S2/c1-18-12(17)15-16-6-13-9-4-8(2-3-10(9)16)20-11-5-19-7-14-11/h2-7H,1H3,(H,15,17). The van der Waals surface area contributed by atoms with Crippen molar-refractivity contribution in [1.29, 1.82) is 0 Å². The van der Waals surface area contributed by atoms with E-state index in [1.807, 2.05) is 23.6 Å². The molecule has 1 aromatic carbocycles. The average molecular weight is 306 g/mol. The zero-order chi connectivity index (χ0) is 13.9. The molecular weight excluding hydrogens is 296 g/mol. The van der Waals surface area contributed by atoms with Crippen LogP contribution in [0.15, 0.2) is 45.3 Å². The number of fused-ring (bicyclic) bond motifs is 1. The van der Waals surface area contributed by atoms with Crippen molar-refractivity contribution >= 4 is 40.2 Å². The quantitative estimate of drug-likeness (QED) is 0.805. The summed E-state index contributed by atoms with van der Waals surface area (Å²) in [6.45, 7) is 0. The molecule has 0 atom stereocenters. The highest BCUT2D eigenvalue weighted by Gasteiger charge is 2.07.